The minimum absolute atomic E-state index is 0.151. The molecule has 4 atom stereocenters. The average Bonchev–Trinajstić information content (AvgIpc) is 3.01. The summed E-state index contributed by atoms with van der Waals surface area (Å²) in [7, 11) is 3.17. The zero-order chi connectivity index (χ0) is 19.5. The summed E-state index contributed by atoms with van der Waals surface area (Å²) in [4.78, 5) is 17.1. The molecule has 4 saturated carbocycles. The van der Waals surface area contributed by atoms with Gasteiger partial charge in [-0.3, -0.25) is 0 Å². The van der Waals surface area contributed by atoms with Gasteiger partial charge in [-0.25, -0.2) is 9.79 Å². The number of alkyl halides is 1. The van der Waals surface area contributed by atoms with Gasteiger partial charge in [-0.05, 0) is 62.5 Å². The Morgan fingerprint density at radius 2 is 1.93 bits per heavy atom. The largest absolute Gasteiger partial charge is 0.493 e. The van der Waals surface area contributed by atoms with E-state index < -0.39 is 5.97 Å². The number of aliphatic imine (C=N–C) groups is 1. The van der Waals surface area contributed by atoms with Crippen molar-refractivity contribution >= 4 is 29.5 Å². The van der Waals surface area contributed by atoms with Gasteiger partial charge in [-0.15, -0.1) is 11.6 Å². The van der Waals surface area contributed by atoms with E-state index in [0.29, 0.717) is 34.9 Å². The van der Waals surface area contributed by atoms with Crippen LogP contribution in [-0.2, 0) is 9.53 Å². The SMILES string of the molecule is COc1cccc(/C=C2\N=C(C34C[C@@H]5C[C@@H](CC(Cl)(C5)C3)C4)OC2=O)c1OC. The van der Waals surface area contributed by atoms with Crippen molar-refractivity contribution < 1.29 is 19.0 Å². The van der Waals surface area contributed by atoms with E-state index >= 15 is 0 Å². The second-order valence-corrected chi connectivity index (χ2v) is 9.61. The van der Waals surface area contributed by atoms with E-state index in [-0.39, 0.29) is 10.3 Å². The van der Waals surface area contributed by atoms with E-state index in [2.05, 4.69) is 4.99 Å². The third-order valence-electron chi connectivity index (χ3n) is 6.79. The summed E-state index contributed by atoms with van der Waals surface area (Å²) in [6, 6.07) is 5.54. The minimum atomic E-state index is -0.403. The van der Waals surface area contributed by atoms with Crippen LogP contribution in [0.3, 0.4) is 0 Å². The molecular formula is C22H24ClNO4. The molecule has 1 heterocycles. The molecule has 0 amide bonds. The van der Waals surface area contributed by atoms with Gasteiger partial charge in [0.05, 0.1) is 14.2 Å². The van der Waals surface area contributed by atoms with Gasteiger partial charge >= 0.3 is 5.97 Å². The lowest BCUT2D eigenvalue weighted by molar-refractivity contribution is -0.131. The molecule has 28 heavy (non-hydrogen) atoms. The second kappa shape index (κ2) is 6.24. The first kappa shape index (κ1) is 18.0. The van der Waals surface area contributed by atoms with Crippen LogP contribution in [0.5, 0.6) is 11.5 Å². The summed E-state index contributed by atoms with van der Waals surface area (Å²) < 4.78 is 16.5. The lowest BCUT2D eigenvalue weighted by atomic mass is 9.49. The van der Waals surface area contributed by atoms with Gasteiger partial charge in [-0.1, -0.05) is 12.1 Å². The van der Waals surface area contributed by atoms with Crippen molar-refractivity contribution in [2.24, 2.45) is 22.2 Å². The maximum Gasteiger partial charge on any atom is 0.363 e. The fourth-order valence-electron chi connectivity index (χ4n) is 6.21. The van der Waals surface area contributed by atoms with Crippen molar-refractivity contribution in [2.75, 3.05) is 14.2 Å². The molecule has 1 aliphatic heterocycles. The number of carbonyl (C=O) groups excluding carboxylic acids is 1. The summed E-state index contributed by atoms with van der Waals surface area (Å²) >= 11 is 6.93. The van der Waals surface area contributed by atoms with Gasteiger partial charge < -0.3 is 14.2 Å². The minimum Gasteiger partial charge on any atom is -0.493 e. The predicted octanol–water partition coefficient (Wildman–Crippen LogP) is 4.58. The Bertz CT molecular complexity index is 892. The predicted molar refractivity (Wildman–Crippen MR) is 107 cm³/mol. The molecule has 4 aliphatic carbocycles. The van der Waals surface area contributed by atoms with Crippen molar-refractivity contribution in [1.29, 1.82) is 0 Å². The number of halogens is 1. The lowest BCUT2D eigenvalue weighted by Gasteiger charge is -2.59. The highest BCUT2D eigenvalue weighted by atomic mass is 35.5. The molecule has 6 rings (SSSR count). The normalized spacial score (nSPS) is 37.2. The Balaban J connectivity index is 1.51. The maximum absolute atomic E-state index is 12.6. The van der Waals surface area contributed by atoms with Crippen LogP contribution in [0.2, 0.25) is 0 Å². The van der Waals surface area contributed by atoms with Crippen molar-refractivity contribution in [3.05, 3.63) is 29.5 Å². The first-order valence-electron chi connectivity index (χ1n) is 9.87. The summed E-state index contributed by atoms with van der Waals surface area (Å²) in [5, 5.41) is 0. The summed E-state index contributed by atoms with van der Waals surface area (Å²) in [6.45, 7) is 0. The van der Waals surface area contributed by atoms with E-state index in [0.717, 1.165) is 37.7 Å². The molecule has 0 aromatic heterocycles. The fourth-order valence-corrected chi connectivity index (χ4v) is 6.90. The summed E-state index contributed by atoms with van der Waals surface area (Å²) in [5.41, 5.74) is 0.856. The third kappa shape index (κ3) is 2.74. The number of nitrogens with zero attached hydrogens (tertiary/aromatic N) is 1. The Hall–Kier alpha value is -2.01. The average molecular weight is 402 g/mol. The van der Waals surface area contributed by atoms with Crippen LogP contribution in [0.4, 0.5) is 0 Å². The Morgan fingerprint density at radius 3 is 2.57 bits per heavy atom. The Labute approximate surface area is 169 Å². The Morgan fingerprint density at radius 1 is 1.18 bits per heavy atom. The smallest absolute Gasteiger partial charge is 0.363 e. The molecule has 0 saturated heterocycles. The van der Waals surface area contributed by atoms with Crippen LogP contribution in [-0.4, -0.2) is 31.0 Å². The monoisotopic (exact) mass is 401 g/mol. The number of hydrogen-bond donors (Lipinski definition) is 0. The Kier molecular flexibility index (Phi) is 4.02. The van der Waals surface area contributed by atoms with E-state index in [9.17, 15) is 4.79 Å². The van der Waals surface area contributed by atoms with Crippen LogP contribution in [0.15, 0.2) is 28.9 Å². The van der Waals surface area contributed by atoms with E-state index in [1.54, 1.807) is 20.3 Å². The van der Waals surface area contributed by atoms with Crippen molar-refractivity contribution in [3.8, 4) is 11.5 Å². The number of methoxy groups -OCH3 is 2. The van der Waals surface area contributed by atoms with Crippen molar-refractivity contribution in [1.82, 2.24) is 0 Å². The van der Waals surface area contributed by atoms with Crippen molar-refractivity contribution in [2.45, 2.75) is 43.4 Å². The molecule has 4 fully saturated rings. The van der Waals surface area contributed by atoms with Gasteiger partial charge in [0.2, 0.25) is 5.90 Å². The molecular weight excluding hydrogens is 378 g/mol. The zero-order valence-corrected chi connectivity index (χ0v) is 16.9. The molecule has 4 bridgehead atoms. The van der Waals surface area contributed by atoms with Gasteiger partial charge in [0.1, 0.15) is 0 Å². The first-order valence-corrected chi connectivity index (χ1v) is 10.2. The standard InChI is InChI=1S/C22H24ClNO4/c1-26-17-5-3-4-15(18(17)27-2)7-16-19(25)28-20(24-16)21-8-13-6-14(9-21)11-22(23,10-13)12-21/h3-5,7,13-14H,6,8-12H2,1-2H3/b16-7-/t13-,14+,21?,22?. The van der Waals surface area contributed by atoms with Crippen LogP contribution in [0, 0.1) is 17.3 Å². The van der Waals surface area contributed by atoms with E-state index in [1.165, 1.54) is 6.42 Å². The number of hydrogen-bond acceptors (Lipinski definition) is 5. The summed E-state index contributed by atoms with van der Waals surface area (Å²) in [6.07, 6.45) is 8.04. The number of benzene rings is 1. The second-order valence-electron chi connectivity index (χ2n) is 8.81. The van der Waals surface area contributed by atoms with E-state index in [1.807, 2.05) is 18.2 Å². The van der Waals surface area contributed by atoms with Gasteiger partial charge in [0.15, 0.2) is 17.2 Å². The molecule has 5 aliphatic rings. The number of cyclic esters (lactones) is 1. The molecule has 148 valence electrons. The quantitative estimate of drug-likeness (QED) is 0.421. The zero-order valence-electron chi connectivity index (χ0n) is 16.2. The number of ether oxygens (including phenoxy) is 3. The highest BCUT2D eigenvalue weighted by molar-refractivity contribution is 6.24. The molecule has 0 N–H and O–H groups in total. The van der Waals surface area contributed by atoms with E-state index in [4.69, 9.17) is 25.8 Å². The lowest BCUT2D eigenvalue weighted by Crippen LogP contribution is -2.56. The fraction of sp³-hybridized carbons (Fsp3) is 0.545. The highest BCUT2D eigenvalue weighted by Crippen LogP contribution is 2.64. The molecule has 2 unspecified atom stereocenters. The first-order chi connectivity index (χ1) is 13.4. The van der Waals surface area contributed by atoms with Gasteiger partial charge in [-0.2, -0.15) is 0 Å². The number of carbonyl (C=O) groups is 1. The molecule has 0 spiro atoms. The number of esters is 1. The third-order valence-corrected chi connectivity index (χ3v) is 7.23. The molecule has 1 aromatic carbocycles. The van der Waals surface area contributed by atoms with Crippen LogP contribution in [0.25, 0.3) is 6.08 Å². The molecule has 6 heteroatoms. The maximum atomic E-state index is 12.6. The topological polar surface area (TPSA) is 57.1 Å². The molecule has 0 radical (unpaired) electrons. The highest BCUT2D eigenvalue weighted by Gasteiger charge is 2.60. The van der Waals surface area contributed by atoms with Crippen LogP contribution >= 0.6 is 11.6 Å². The number of rotatable bonds is 4. The number of para-hydroxylation sites is 1. The van der Waals surface area contributed by atoms with Crippen LogP contribution < -0.4 is 9.47 Å². The summed E-state index contributed by atoms with van der Waals surface area (Å²) in [5.74, 6) is 2.59. The van der Waals surface area contributed by atoms with Crippen molar-refractivity contribution in [3.63, 3.8) is 0 Å². The van der Waals surface area contributed by atoms with Crippen LogP contribution in [0.1, 0.15) is 44.1 Å². The molecule has 1 aromatic rings. The van der Waals surface area contributed by atoms with Gasteiger partial charge in [0, 0.05) is 15.9 Å². The molecule has 5 nitrogen and oxygen atoms in total. The van der Waals surface area contributed by atoms with Gasteiger partial charge in [0.25, 0.3) is 0 Å².